The van der Waals surface area contributed by atoms with Gasteiger partial charge in [0, 0.05) is 23.2 Å². The maximum Gasteiger partial charge on any atom is 0.137 e. The van der Waals surface area contributed by atoms with Crippen LogP contribution >= 0.6 is 0 Å². The molecule has 2 unspecified atom stereocenters. The minimum absolute atomic E-state index is 0.0853. The molecule has 4 rings (SSSR count). The second kappa shape index (κ2) is 2.96. The van der Waals surface area contributed by atoms with E-state index in [4.69, 9.17) is 0 Å². The Labute approximate surface area is 104 Å². The fourth-order valence-corrected chi connectivity index (χ4v) is 5.54. The number of carbonyl (C=O) groups is 1. The fourth-order valence-electron chi connectivity index (χ4n) is 5.54. The van der Waals surface area contributed by atoms with Crippen molar-refractivity contribution in [2.24, 2.45) is 28.6 Å². The number of rotatable bonds is 0. The molecule has 2 heteroatoms. The van der Waals surface area contributed by atoms with Crippen LogP contribution in [0.1, 0.15) is 53.4 Å². The van der Waals surface area contributed by atoms with Crippen LogP contribution in [0.15, 0.2) is 0 Å². The van der Waals surface area contributed by atoms with Gasteiger partial charge in [-0.15, -0.1) is 0 Å². The zero-order valence-electron chi connectivity index (χ0n) is 11.4. The van der Waals surface area contributed by atoms with Gasteiger partial charge < -0.3 is 5.11 Å². The van der Waals surface area contributed by atoms with E-state index in [9.17, 15) is 9.90 Å². The summed E-state index contributed by atoms with van der Waals surface area (Å²) >= 11 is 0. The summed E-state index contributed by atoms with van der Waals surface area (Å²) in [4.78, 5) is 12.2. The number of fused-ring (bicyclic) bond motifs is 1. The van der Waals surface area contributed by atoms with Gasteiger partial charge in [-0.05, 0) is 31.1 Å². The minimum atomic E-state index is -0.631. The third-order valence-electron chi connectivity index (χ3n) is 6.77. The Morgan fingerprint density at radius 1 is 1.29 bits per heavy atom. The third kappa shape index (κ3) is 1.05. The Morgan fingerprint density at radius 2 is 1.94 bits per heavy atom. The van der Waals surface area contributed by atoms with E-state index in [1.807, 2.05) is 0 Å². The lowest BCUT2D eigenvalue weighted by atomic mass is 9.35. The second-order valence-electron chi connectivity index (χ2n) is 7.55. The highest BCUT2D eigenvalue weighted by Crippen LogP contribution is 2.70. The van der Waals surface area contributed by atoms with Gasteiger partial charge in [0.25, 0.3) is 0 Å². The minimum Gasteiger partial charge on any atom is -0.389 e. The number of hydrogen-bond donors (Lipinski definition) is 1. The second-order valence-corrected chi connectivity index (χ2v) is 7.55. The maximum absolute atomic E-state index is 12.2. The molecular formula is C15H24O2. The van der Waals surface area contributed by atoms with Crippen LogP contribution in [0.4, 0.5) is 0 Å². The molecule has 17 heavy (non-hydrogen) atoms. The lowest BCUT2D eigenvalue weighted by Gasteiger charge is -2.70. The molecule has 0 aromatic rings. The summed E-state index contributed by atoms with van der Waals surface area (Å²) < 4.78 is 0. The molecule has 0 aromatic carbocycles. The van der Waals surface area contributed by atoms with Crippen molar-refractivity contribution in [1.29, 1.82) is 0 Å². The first kappa shape index (κ1) is 11.7. The van der Waals surface area contributed by atoms with E-state index < -0.39 is 5.60 Å². The standard InChI is InChI=1S/C15H24O2/c1-9-5-6-15(17)13(2,3)11-7-10(9)14(15,4)8-12(11)16/h9-11,17H,5-8H2,1-4H3/t9-,10+,11?,14+,15?/m1/s1. The SMILES string of the molecule is C[C@@H]1CCC2(O)C(C)(C)C3C[C@@H]1[C@]2(C)CC3=O. The molecule has 0 radical (unpaired) electrons. The van der Waals surface area contributed by atoms with Crippen LogP contribution in [0.25, 0.3) is 0 Å². The predicted molar refractivity (Wildman–Crippen MR) is 66.5 cm³/mol. The molecule has 96 valence electrons. The van der Waals surface area contributed by atoms with Crippen LogP contribution in [-0.2, 0) is 4.79 Å². The number of hydrogen-bond acceptors (Lipinski definition) is 2. The Kier molecular flexibility index (Phi) is 2.04. The highest BCUT2D eigenvalue weighted by Gasteiger charge is 2.72. The van der Waals surface area contributed by atoms with Gasteiger partial charge in [0.05, 0.1) is 5.60 Å². The van der Waals surface area contributed by atoms with Crippen molar-refractivity contribution in [3.8, 4) is 0 Å². The molecule has 0 aromatic heterocycles. The van der Waals surface area contributed by atoms with Crippen LogP contribution in [0.3, 0.4) is 0 Å². The molecule has 0 amide bonds. The van der Waals surface area contributed by atoms with E-state index in [1.165, 1.54) is 0 Å². The molecule has 4 fully saturated rings. The molecule has 2 nitrogen and oxygen atoms in total. The summed E-state index contributed by atoms with van der Waals surface area (Å²) in [5.74, 6) is 1.68. The van der Waals surface area contributed by atoms with Crippen LogP contribution in [-0.4, -0.2) is 16.5 Å². The van der Waals surface area contributed by atoms with Crippen molar-refractivity contribution < 1.29 is 9.90 Å². The van der Waals surface area contributed by atoms with Crippen molar-refractivity contribution in [3.05, 3.63) is 0 Å². The first-order chi connectivity index (χ1) is 7.74. The van der Waals surface area contributed by atoms with E-state index in [0.29, 0.717) is 24.0 Å². The third-order valence-corrected chi connectivity index (χ3v) is 6.77. The first-order valence-corrected chi connectivity index (χ1v) is 6.99. The smallest absolute Gasteiger partial charge is 0.137 e. The van der Waals surface area contributed by atoms with Crippen LogP contribution in [0.2, 0.25) is 0 Å². The molecule has 4 bridgehead atoms. The average molecular weight is 236 g/mol. The molecule has 0 saturated heterocycles. The zero-order chi connectivity index (χ0) is 12.6. The van der Waals surface area contributed by atoms with E-state index in [1.54, 1.807) is 0 Å². The fraction of sp³-hybridized carbons (Fsp3) is 0.933. The molecule has 0 spiro atoms. The summed E-state index contributed by atoms with van der Waals surface area (Å²) in [5, 5.41) is 11.3. The number of Topliss-reactive ketones (excluding diaryl/α,β-unsaturated/α-hetero) is 1. The lowest BCUT2D eigenvalue weighted by Crippen LogP contribution is -2.73. The largest absolute Gasteiger partial charge is 0.389 e. The van der Waals surface area contributed by atoms with Gasteiger partial charge in [-0.3, -0.25) is 4.79 Å². The number of ketones is 1. The quantitative estimate of drug-likeness (QED) is 0.702. The molecule has 1 N–H and O–H groups in total. The molecule has 4 saturated carbocycles. The molecule has 4 aliphatic carbocycles. The highest BCUT2D eigenvalue weighted by atomic mass is 16.3. The topological polar surface area (TPSA) is 37.3 Å². The maximum atomic E-state index is 12.2. The van der Waals surface area contributed by atoms with Crippen molar-refractivity contribution in [2.45, 2.75) is 59.0 Å². The number of carbonyl (C=O) groups excluding carboxylic acids is 1. The van der Waals surface area contributed by atoms with Gasteiger partial charge in [-0.1, -0.05) is 27.7 Å². The van der Waals surface area contributed by atoms with E-state index in [2.05, 4.69) is 27.7 Å². The van der Waals surface area contributed by atoms with Crippen LogP contribution in [0, 0.1) is 28.6 Å². The summed E-state index contributed by atoms with van der Waals surface area (Å²) in [5.41, 5.74) is -1.05. The summed E-state index contributed by atoms with van der Waals surface area (Å²) in [6, 6.07) is 0. The monoisotopic (exact) mass is 236 g/mol. The van der Waals surface area contributed by atoms with Gasteiger partial charge in [-0.2, -0.15) is 0 Å². The van der Waals surface area contributed by atoms with Gasteiger partial charge in [-0.25, -0.2) is 0 Å². The number of aliphatic hydroxyl groups is 1. The highest BCUT2D eigenvalue weighted by molar-refractivity contribution is 5.85. The van der Waals surface area contributed by atoms with Crippen molar-refractivity contribution >= 4 is 5.78 Å². The molecule has 0 heterocycles. The van der Waals surface area contributed by atoms with E-state index in [0.717, 1.165) is 19.3 Å². The van der Waals surface area contributed by atoms with E-state index >= 15 is 0 Å². The average Bonchev–Trinajstić information content (AvgIpc) is 2.21. The Morgan fingerprint density at radius 3 is 2.59 bits per heavy atom. The first-order valence-electron chi connectivity index (χ1n) is 6.99. The summed E-state index contributed by atoms with van der Waals surface area (Å²) in [6.45, 7) is 8.69. The van der Waals surface area contributed by atoms with Crippen molar-refractivity contribution in [2.75, 3.05) is 0 Å². The lowest BCUT2D eigenvalue weighted by molar-refractivity contribution is -0.277. The van der Waals surface area contributed by atoms with Crippen molar-refractivity contribution in [1.82, 2.24) is 0 Å². The van der Waals surface area contributed by atoms with Gasteiger partial charge in [0.15, 0.2) is 0 Å². The Bertz CT molecular complexity index is 386. The van der Waals surface area contributed by atoms with Gasteiger partial charge in [0.2, 0.25) is 0 Å². The van der Waals surface area contributed by atoms with Gasteiger partial charge in [0.1, 0.15) is 5.78 Å². The van der Waals surface area contributed by atoms with Gasteiger partial charge >= 0.3 is 0 Å². The van der Waals surface area contributed by atoms with Crippen LogP contribution in [0.5, 0.6) is 0 Å². The molecular weight excluding hydrogens is 212 g/mol. The molecule has 4 aliphatic rings. The van der Waals surface area contributed by atoms with Crippen molar-refractivity contribution in [3.63, 3.8) is 0 Å². The molecule has 0 aliphatic heterocycles. The Balaban J connectivity index is 2.18. The van der Waals surface area contributed by atoms with E-state index in [-0.39, 0.29) is 16.7 Å². The predicted octanol–water partition coefficient (Wildman–Crippen LogP) is 2.79. The Hall–Kier alpha value is -0.370. The normalized spacial score (nSPS) is 56.1. The zero-order valence-corrected chi connectivity index (χ0v) is 11.4. The molecule has 5 atom stereocenters. The summed E-state index contributed by atoms with van der Waals surface area (Å²) in [6.07, 6.45) is 3.59. The van der Waals surface area contributed by atoms with Crippen LogP contribution < -0.4 is 0 Å². The summed E-state index contributed by atoms with van der Waals surface area (Å²) in [7, 11) is 0.